The summed E-state index contributed by atoms with van der Waals surface area (Å²) in [6, 6.07) is 3.58. The van der Waals surface area contributed by atoms with Gasteiger partial charge in [-0.1, -0.05) is 27.7 Å². The van der Waals surface area contributed by atoms with E-state index < -0.39 is 0 Å². The molecule has 1 saturated carbocycles. The summed E-state index contributed by atoms with van der Waals surface area (Å²) in [7, 11) is 0. The van der Waals surface area contributed by atoms with Crippen LogP contribution in [0.2, 0.25) is 0 Å². The molecule has 0 aromatic rings. The van der Waals surface area contributed by atoms with Gasteiger partial charge < -0.3 is 0 Å². The fourth-order valence-electron chi connectivity index (χ4n) is 3.52. The molecule has 0 spiro atoms. The van der Waals surface area contributed by atoms with Gasteiger partial charge in [-0.05, 0) is 57.4 Å². The van der Waals surface area contributed by atoms with Crippen molar-refractivity contribution in [3.05, 3.63) is 0 Å². The van der Waals surface area contributed by atoms with Gasteiger partial charge in [-0.3, -0.25) is 4.90 Å². The maximum atomic E-state index is 9.47. The van der Waals surface area contributed by atoms with E-state index in [1.54, 1.807) is 0 Å². The Morgan fingerprint density at radius 2 is 1.89 bits per heavy atom. The molecule has 19 heavy (non-hydrogen) atoms. The summed E-state index contributed by atoms with van der Waals surface area (Å²) in [6.45, 7) is 14.9. The predicted molar refractivity (Wildman–Crippen MR) is 81.8 cm³/mol. The number of hydrogen-bond donors (Lipinski definition) is 0. The van der Waals surface area contributed by atoms with Crippen LogP contribution in [0.15, 0.2) is 0 Å². The Labute approximate surface area is 120 Å². The van der Waals surface area contributed by atoms with Gasteiger partial charge in [0.15, 0.2) is 0 Å². The van der Waals surface area contributed by atoms with E-state index in [0.29, 0.717) is 17.5 Å². The lowest BCUT2D eigenvalue weighted by atomic mass is 9.67. The summed E-state index contributed by atoms with van der Waals surface area (Å²) in [5.74, 6) is 0.979. The summed E-state index contributed by atoms with van der Waals surface area (Å²) in [5.41, 5.74) is 0.369. The average Bonchev–Trinajstić information content (AvgIpc) is 2.33. The minimum absolute atomic E-state index is 0.229. The van der Waals surface area contributed by atoms with E-state index in [1.165, 1.54) is 19.3 Å². The van der Waals surface area contributed by atoms with Gasteiger partial charge in [0.2, 0.25) is 0 Å². The number of nitrogens with zero attached hydrogens (tertiary/aromatic N) is 2. The van der Waals surface area contributed by atoms with Crippen LogP contribution < -0.4 is 0 Å². The van der Waals surface area contributed by atoms with Crippen molar-refractivity contribution in [1.82, 2.24) is 4.90 Å². The topological polar surface area (TPSA) is 27.0 Å². The SMILES string of the molecule is CCCN(C(C)C)C1CC(C(C)(C)C)CCC1C#N. The van der Waals surface area contributed by atoms with Crippen molar-refractivity contribution in [1.29, 1.82) is 5.26 Å². The molecule has 0 N–H and O–H groups in total. The van der Waals surface area contributed by atoms with Crippen LogP contribution in [0.25, 0.3) is 0 Å². The first-order valence-corrected chi connectivity index (χ1v) is 7.96. The van der Waals surface area contributed by atoms with Gasteiger partial charge in [0.25, 0.3) is 0 Å². The third kappa shape index (κ3) is 4.21. The van der Waals surface area contributed by atoms with Gasteiger partial charge in [0, 0.05) is 12.1 Å². The molecule has 0 aromatic carbocycles. The van der Waals surface area contributed by atoms with Crippen molar-refractivity contribution in [3.63, 3.8) is 0 Å². The summed E-state index contributed by atoms with van der Waals surface area (Å²) >= 11 is 0. The molecule has 1 aliphatic carbocycles. The minimum Gasteiger partial charge on any atom is -0.297 e. The van der Waals surface area contributed by atoms with Crippen LogP contribution in [0, 0.1) is 28.6 Å². The standard InChI is InChI=1S/C17H32N2/c1-7-10-19(13(2)3)16-11-15(17(4,5)6)9-8-14(16)12-18/h13-16H,7-11H2,1-6H3. The van der Waals surface area contributed by atoms with Gasteiger partial charge in [-0.2, -0.15) is 5.26 Å². The zero-order chi connectivity index (χ0) is 14.6. The van der Waals surface area contributed by atoms with Crippen LogP contribution >= 0.6 is 0 Å². The smallest absolute Gasteiger partial charge is 0.0672 e. The van der Waals surface area contributed by atoms with Crippen LogP contribution in [0.3, 0.4) is 0 Å². The molecule has 0 radical (unpaired) electrons. The third-order valence-electron chi connectivity index (χ3n) is 4.78. The highest BCUT2D eigenvalue weighted by Crippen LogP contribution is 2.41. The molecular weight excluding hydrogens is 232 g/mol. The van der Waals surface area contributed by atoms with Crippen LogP contribution in [-0.2, 0) is 0 Å². The minimum atomic E-state index is 0.229. The lowest BCUT2D eigenvalue weighted by Crippen LogP contribution is -2.49. The second-order valence-corrected chi connectivity index (χ2v) is 7.51. The van der Waals surface area contributed by atoms with E-state index in [1.807, 2.05) is 0 Å². The molecule has 1 fully saturated rings. The highest BCUT2D eigenvalue weighted by molar-refractivity contribution is 5.00. The molecule has 1 rings (SSSR count). The van der Waals surface area contributed by atoms with E-state index in [0.717, 1.165) is 18.9 Å². The Morgan fingerprint density at radius 3 is 2.32 bits per heavy atom. The van der Waals surface area contributed by atoms with Crippen molar-refractivity contribution >= 4 is 0 Å². The molecule has 2 nitrogen and oxygen atoms in total. The van der Waals surface area contributed by atoms with Crippen LogP contribution in [0.1, 0.15) is 67.2 Å². The normalized spacial score (nSPS) is 28.7. The Hall–Kier alpha value is -0.550. The Balaban J connectivity index is 2.88. The predicted octanol–water partition coefficient (Wildman–Crippen LogP) is 4.46. The van der Waals surface area contributed by atoms with Gasteiger partial charge in [0.1, 0.15) is 0 Å². The molecule has 0 saturated heterocycles. The third-order valence-corrected chi connectivity index (χ3v) is 4.78. The van der Waals surface area contributed by atoms with Crippen molar-refractivity contribution in [2.24, 2.45) is 17.3 Å². The van der Waals surface area contributed by atoms with E-state index >= 15 is 0 Å². The molecule has 0 heterocycles. The van der Waals surface area contributed by atoms with Crippen LogP contribution in [-0.4, -0.2) is 23.5 Å². The average molecular weight is 264 g/mol. The summed E-state index contributed by atoms with van der Waals surface area (Å²) in [5, 5.41) is 9.47. The Kier molecular flexibility index (Phi) is 5.86. The van der Waals surface area contributed by atoms with Crippen molar-refractivity contribution in [2.75, 3.05) is 6.54 Å². The number of nitriles is 1. The Morgan fingerprint density at radius 1 is 1.26 bits per heavy atom. The first-order valence-electron chi connectivity index (χ1n) is 7.96. The van der Waals surface area contributed by atoms with Gasteiger partial charge in [-0.15, -0.1) is 0 Å². The fourth-order valence-corrected chi connectivity index (χ4v) is 3.52. The van der Waals surface area contributed by atoms with Gasteiger partial charge >= 0.3 is 0 Å². The first-order chi connectivity index (χ1) is 8.81. The number of hydrogen-bond acceptors (Lipinski definition) is 2. The molecule has 1 aliphatic rings. The largest absolute Gasteiger partial charge is 0.297 e. The maximum absolute atomic E-state index is 9.47. The summed E-state index contributed by atoms with van der Waals surface area (Å²) in [4.78, 5) is 2.58. The zero-order valence-corrected chi connectivity index (χ0v) is 13.7. The molecule has 3 unspecified atom stereocenters. The maximum Gasteiger partial charge on any atom is 0.0672 e. The fraction of sp³-hybridized carbons (Fsp3) is 0.941. The zero-order valence-electron chi connectivity index (χ0n) is 13.7. The van der Waals surface area contributed by atoms with Crippen LogP contribution in [0.4, 0.5) is 0 Å². The van der Waals surface area contributed by atoms with Crippen molar-refractivity contribution < 1.29 is 0 Å². The quantitative estimate of drug-likeness (QED) is 0.749. The second-order valence-electron chi connectivity index (χ2n) is 7.51. The summed E-state index contributed by atoms with van der Waals surface area (Å²) in [6.07, 6.45) is 4.67. The van der Waals surface area contributed by atoms with E-state index in [2.05, 4.69) is 52.5 Å². The molecule has 0 bridgehead atoms. The molecule has 0 amide bonds. The lowest BCUT2D eigenvalue weighted by Gasteiger charge is -2.45. The molecule has 110 valence electrons. The highest BCUT2D eigenvalue weighted by atomic mass is 15.2. The van der Waals surface area contributed by atoms with Gasteiger partial charge in [0.05, 0.1) is 12.0 Å². The monoisotopic (exact) mass is 264 g/mol. The molecule has 0 aliphatic heterocycles. The first kappa shape index (κ1) is 16.5. The summed E-state index contributed by atoms with van der Waals surface area (Å²) < 4.78 is 0. The van der Waals surface area contributed by atoms with Crippen LogP contribution in [0.5, 0.6) is 0 Å². The van der Waals surface area contributed by atoms with Crippen molar-refractivity contribution in [2.45, 2.75) is 79.3 Å². The van der Waals surface area contributed by atoms with Gasteiger partial charge in [-0.25, -0.2) is 0 Å². The lowest BCUT2D eigenvalue weighted by molar-refractivity contribution is 0.0423. The van der Waals surface area contributed by atoms with Crippen molar-refractivity contribution in [3.8, 4) is 6.07 Å². The molecule has 0 aromatic heterocycles. The molecule has 2 heteroatoms. The second kappa shape index (κ2) is 6.75. The van der Waals surface area contributed by atoms with E-state index in [9.17, 15) is 5.26 Å². The highest BCUT2D eigenvalue weighted by Gasteiger charge is 2.39. The number of rotatable bonds is 4. The molecular formula is C17H32N2. The molecule has 3 atom stereocenters. The van der Waals surface area contributed by atoms with E-state index in [4.69, 9.17) is 0 Å². The van der Waals surface area contributed by atoms with E-state index in [-0.39, 0.29) is 5.92 Å². The Bertz CT molecular complexity index is 308.